The highest BCUT2D eigenvalue weighted by Crippen LogP contribution is 2.31. The summed E-state index contributed by atoms with van der Waals surface area (Å²) in [5, 5.41) is 3.49. The van der Waals surface area contributed by atoms with Crippen molar-refractivity contribution < 1.29 is 14.4 Å². The molecule has 3 amide bonds. The van der Waals surface area contributed by atoms with Crippen molar-refractivity contribution in [3.8, 4) is 0 Å². The molecule has 5 aromatic rings. The number of amides is 3. The van der Waals surface area contributed by atoms with E-state index in [0.717, 1.165) is 27.4 Å². The van der Waals surface area contributed by atoms with Gasteiger partial charge in [-0.3, -0.25) is 19.3 Å². The van der Waals surface area contributed by atoms with Crippen LogP contribution in [0.1, 0.15) is 36.6 Å². The Morgan fingerprint density at radius 1 is 0.703 bits per heavy atom. The third kappa shape index (κ3) is 3.76. The molecule has 0 saturated heterocycles. The summed E-state index contributed by atoms with van der Waals surface area (Å²) < 4.78 is 0. The van der Waals surface area contributed by atoms with Crippen LogP contribution in [0.2, 0.25) is 0 Å². The van der Waals surface area contributed by atoms with E-state index in [1.54, 1.807) is 17.0 Å². The summed E-state index contributed by atoms with van der Waals surface area (Å²) in [6.07, 6.45) is 0. The van der Waals surface area contributed by atoms with E-state index in [0.29, 0.717) is 22.1 Å². The smallest absolute Gasteiger partial charge is 0.261 e. The van der Waals surface area contributed by atoms with E-state index >= 15 is 0 Å². The molecule has 180 valence electrons. The minimum Gasteiger partial charge on any atom is -0.306 e. The first-order chi connectivity index (χ1) is 18.0. The Bertz CT molecular complexity index is 1670. The quantitative estimate of drug-likeness (QED) is 0.277. The highest BCUT2D eigenvalue weighted by Gasteiger charge is 2.33. The number of hydrogen-bond acceptors (Lipinski definition) is 3. The van der Waals surface area contributed by atoms with Crippen molar-refractivity contribution in [1.82, 2.24) is 4.90 Å². The molecule has 0 unspecified atom stereocenters. The minimum atomic E-state index is -0.337. The van der Waals surface area contributed by atoms with E-state index in [2.05, 4.69) is 0 Å². The lowest BCUT2D eigenvalue weighted by atomic mass is 9.94. The van der Waals surface area contributed by atoms with Crippen molar-refractivity contribution in [2.45, 2.75) is 6.92 Å². The number of aryl methyl sites for hydroxylation is 1. The van der Waals surface area contributed by atoms with Crippen LogP contribution in [0.5, 0.6) is 0 Å². The topological polar surface area (TPSA) is 57.7 Å². The van der Waals surface area contributed by atoms with Gasteiger partial charge in [0, 0.05) is 40.6 Å². The highest BCUT2D eigenvalue weighted by atomic mass is 16.2. The number of nitrogens with zero attached hydrogens (tertiary/aromatic N) is 2. The Morgan fingerprint density at radius 3 is 2.03 bits per heavy atom. The predicted molar refractivity (Wildman–Crippen MR) is 146 cm³/mol. The van der Waals surface area contributed by atoms with Gasteiger partial charge in [0.2, 0.25) is 0 Å². The maximum Gasteiger partial charge on any atom is 0.261 e. The molecular formula is C32H24N2O3. The maximum atomic E-state index is 13.9. The van der Waals surface area contributed by atoms with E-state index in [4.69, 9.17) is 0 Å². The number of carbonyl (C=O) groups is 3. The third-order valence-corrected chi connectivity index (χ3v) is 7.08. The average Bonchev–Trinajstić information content (AvgIpc) is 2.93. The van der Waals surface area contributed by atoms with Crippen LogP contribution < -0.4 is 4.90 Å². The standard InChI is InChI=1S/C32H24N2O3/c1-21-9-2-4-14-24(21)30(35)33(28-18-8-11-22-10-3-5-15-25(22)28)19-20-34-31(36)26-16-6-12-23-13-7-17-27(29(23)26)32(34)37/h2-18H,19-20H2,1H3. The largest absolute Gasteiger partial charge is 0.306 e. The highest BCUT2D eigenvalue weighted by molar-refractivity contribution is 6.25. The second-order valence-corrected chi connectivity index (χ2v) is 9.24. The first-order valence-electron chi connectivity index (χ1n) is 12.3. The molecule has 0 spiro atoms. The van der Waals surface area contributed by atoms with Crippen molar-refractivity contribution in [1.29, 1.82) is 0 Å². The summed E-state index contributed by atoms with van der Waals surface area (Å²) >= 11 is 0. The van der Waals surface area contributed by atoms with Crippen molar-refractivity contribution >= 4 is 45.0 Å². The molecule has 0 radical (unpaired) electrons. The number of hydrogen-bond donors (Lipinski definition) is 0. The van der Waals surface area contributed by atoms with Crippen LogP contribution in [0, 0.1) is 6.92 Å². The van der Waals surface area contributed by atoms with Crippen LogP contribution in [-0.2, 0) is 0 Å². The van der Waals surface area contributed by atoms with Gasteiger partial charge >= 0.3 is 0 Å². The minimum absolute atomic E-state index is 0.0726. The van der Waals surface area contributed by atoms with E-state index in [1.165, 1.54) is 4.90 Å². The second-order valence-electron chi connectivity index (χ2n) is 9.24. The Morgan fingerprint density at radius 2 is 1.30 bits per heavy atom. The van der Waals surface area contributed by atoms with Crippen molar-refractivity contribution in [2.75, 3.05) is 18.0 Å². The van der Waals surface area contributed by atoms with Crippen molar-refractivity contribution in [3.05, 3.63) is 125 Å². The molecule has 5 nitrogen and oxygen atoms in total. The first kappa shape index (κ1) is 22.7. The average molecular weight is 485 g/mol. The van der Waals surface area contributed by atoms with Gasteiger partial charge < -0.3 is 4.90 Å². The number of benzene rings is 5. The summed E-state index contributed by atoms with van der Waals surface area (Å²) in [5.41, 5.74) is 3.21. The van der Waals surface area contributed by atoms with Gasteiger partial charge in [-0.25, -0.2) is 0 Å². The third-order valence-electron chi connectivity index (χ3n) is 7.08. The van der Waals surface area contributed by atoms with Crippen LogP contribution in [-0.4, -0.2) is 35.7 Å². The number of rotatable bonds is 5. The fourth-order valence-corrected chi connectivity index (χ4v) is 5.22. The van der Waals surface area contributed by atoms with Gasteiger partial charge in [-0.05, 0) is 47.5 Å². The molecule has 6 rings (SSSR count). The lowest BCUT2D eigenvalue weighted by Crippen LogP contribution is -2.46. The van der Waals surface area contributed by atoms with Crippen molar-refractivity contribution in [2.24, 2.45) is 0 Å². The Labute approximate surface area is 214 Å². The molecule has 1 aliphatic heterocycles. The summed E-state index contributed by atoms with van der Waals surface area (Å²) in [5.74, 6) is -0.847. The molecule has 1 heterocycles. The zero-order chi connectivity index (χ0) is 25.5. The monoisotopic (exact) mass is 484 g/mol. The Balaban J connectivity index is 1.40. The molecule has 0 atom stereocenters. The molecule has 0 N–H and O–H groups in total. The number of carbonyl (C=O) groups excluding carboxylic acids is 3. The molecule has 1 aliphatic rings. The number of imide groups is 1. The molecule has 0 saturated carbocycles. The van der Waals surface area contributed by atoms with Gasteiger partial charge in [0.05, 0.1) is 5.69 Å². The summed E-state index contributed by atoms with van der Waals surface area (Å²) in [6.45, 7) is 2.14. The summed E-state index contributed by atoms with van der Waals surface area (Å²) in [4.78, 5) is 43.8. The SMILES string of the molecule is Cc1ccccc1C(=O)N(CCN1C(=O)c2cccc3cccc(c23)C1=O)c1cccc2ccccc12. The van der Waals surface area contributed by atoms with E-state index in [9.17, 15) is 14.4 Å². The lowest BCUT2D eigenvalue weighted by molar-refractivity contribution is 0.0611. The molecule has 5 heteroatoms. The molecule has 0 bridgehead atoms. The molecular weight excluding hydrogens is 460 g/mol. The van der Waals surface area contributed by atoms with Gasteiger partial charge in [-0.1, -0.05) is 78.9 Å². The van der Waals surface area contributed by atoms with Crippen LogP contribution in [0.15, 0.2) is 103 Å². The van der Waals surface area contributed by atoms with Gasteiger partial charge in [-0.15, -0.1) is 0 Å². The van der Waals surface area contributed by atoms with Gasteiger partial charge in [-0.2, -0.15) is 0 Å². The fourth-order valence-electron chi connectivity index (χ4n) is 5.22. The number of fused-ring (bicyclic) bond motifs is 1. The molecule has 0 fully saturated rings. The van der Waals surface area contributed by atoms with Gasteiger partial charge in [0.1, 0.15) is 0 Å². The normalized spacial score (nSPS) is 12.8. The van der Waals surface area contributed by atoms with Crippen LogP contribution in [0.25, 0.3) is 21.5 Å². The predicted octanol–water partition coefficient (Wildman–Crippen LogP) is 6.24. The van der Waals surface area contributed by atoms with Crippen LogP contribution in [0.3, 0.4) is 0 Å². The Hall–Kier alpha value is -4.77. The Kier molecular flexibility index (Phi) is 5.53. The van der Waals surface area contributed by atoms with Crippen LogP contribution >= 0.6 is 0 Å². The van der Waals surface area contributed by atoms with E-state index in [-0.39, 0.29) is 30.8 Å². The van der Waals surface area contributed by atoms with E-state index < -0.39 is 0 Å². The molecule has 0 aliphatic carbocycles. The first-order valence-corrected chi connectivity index (χ1v) is 12.3. The number of anilines is 1. The second kappa shape index (κ2) is 9.03. The maximum absolute atomic E-state index is 13.9. The summed E-state index contributed by atoms with van der Waals surface area (Å²) in [6, 6.07) is 32.2. The van der Waals surface area contributed by atoms with Gasteiger partial charge in [0.25, 0.3) is 17.7 Å². The van der Waals surface area contributed by atoms with Crippen molar-refractivity contribution in [3.63, 3.8) is 0 Å². The van der Waals surface area contributed by atoms with Gasteiger partial charge in [0.15, 0.2) is 0 Å². The lowest BCUT2D eigenvalue weighted by Gasteiger charge is -2.31. The van der Waals surface area contributed by atoms with E-state index in [1.807, 2.05) is 97.9 Å². The fraction of sp³-hybridized carbons (Fsp3) is 0.0938. The zero-order valence-electron chi connectivity index (χ0n) is 20.3. The molecule has 0 aromatic heterocycles. The zero-order valence-corrected chi connectivity index (χ0v) is 20.3. The molecule has 5 aromatic carbocycles. The molecule has 37 heavy (non-hydrogen) atoms. The van der Waals surface area contributed by atoms with Crippen LogP contribution in [0.4, 0.5) is 5.69 Å². The summed E-state index contributed by atoms with van der Waals surface area (Å²) in [7, 11) is 0.